The lowest BCUT2D eigenvalue weighted by Crippen LogP contribution is -2.65. The third-order valence-electron chi connectivity index (χ3n) is 5.05. The van der Waals surface area contributed by atoms with Crippen molar-refractivity contribution in [2.75, 3.05) is 13.7 Å². The average Bonchev–Trinajstić information content (AvgIpc) is 2.74. The van der Waals surface area contributed by atoms with Crippen molar-refractivity contribution in [1.82, 2.24) is 5.32 Å². The van der Waals surface area contributed by atoms with Gasteiger partial charge >= 0.3 is 0 Å². The zero-order valence-corrected chi connectivity index (χ0v) is 15.2. The van der Waals surface area contributed by atoms with E-state index >= 15 is 0 Å². The number of hydrogen-bond acceptors (Lipinski definition) is 6. The van der Waals surface area contributed by atoms with Gasteiger partial charge in [0.05, 0.1) is 12.6 Å². The summed E-state index contributed by atoms with van der Waals surface area (Å²) < 4.78 is 23.3. The van der Waals surface area contributed by atoms with Crippen molar-refractivity contribution >= 4 is 0 Å². The summed E-state index contributed by atoms with van der Waals surface area (Å²) in [7, 11) is 1.58. The SMILES string of the molecule is CO[C@@H]1O[C@@H]2COC(c3ccccc3)O[C@H]2[C@H](O)[C@H]1NCc1ccccc1. The smallest absolute Gasteiger partial charge is 0.184 e. The average molecular weight is 371 g/mol. The first kappa shape index (κ1) is 18.6. The Morgan fingerprint density at radius 3 is 2.44 bits per heavy atom. The molecule has 6 heteroatoms. The van der Waals surface area contributed by atoms with Crippen molar-refractivity contribution in [3.63, 3.8) is 0 Å². The molecular formula is C21H25NO5. The number of nitrogens with one attached hydrogen (secondary N) is 1. The summed E-state index contributed by atoms with van der Waals surface area (Å²) in [5.41, 5.74) is 2.04. The summed E-state index contributed by atoms with van der Waals surface area (Å²) in [6.45, 7) is 0.939. The van der Waals surface area contributed by atoms with Crippen LogP contribution in [0.5, 0.6) is 0 Å². The predicted octanol–water partition coefficient (Wildman–Crippen LogP) is 1.99. The van der Waals surface area contributed by atoms with Gasteiger partial charge in [0.25, 0.3) is 0 Å². The zero-order valence-electron chi connectivity index (χ0n) is 15.2. The van der Waals surface area contributed by atoms with E-state index in [2.05, 4.69) is 5.32 Å². The molecule has 0 saturated carbocycles. The minimum atomic E-state index is -0.785. The lowest BCUT2D eigenvalue weighted by atomic mass is 9.95. The molecule has 144 valence electrons. The Morgan fingerprint density at radius 2 is 1.74 bits per heavy atom. The predicted molar refractivity (Wildman–Crippen MR) is 98.8 cm³/mol. The molecule has 2 fully saturated rings. The van der Waals surface area contributed by atoms with Crippen LogP contribution >= 0.6 is 0 Å². The minimum Gasteiger partial charge on any atom is -0.388 e. The molecule has 0 amide bonds. The number of aliphatic hydroxyl groups excluding tert-OH is 1. The maximum Gasteiger partial charge on any atom is 0.184 e. The van der Waals surface area contributed by atoms with Crippen molar-refractivity contribution in [1.29, 1.82) is 0 Å². The highest BCUT2D eigenvalue weighted by Gasteiger charge is 2.49. The van der Waals surface area contributed by atoms with Crippen molar-refractivity contribution in [2.45, 2.75) is 43.5 Å². The van der Waals surface area contributed by atoms with E-state index in [1.165, 1.54) is 0 Å². The van der Waals surface area contributed by atoms with Gasteiger partial charge in [-0.25, -0.2) is 0 Å². The van der Waals surface area contributed by atoms with Crippen molar-refractivity contribution in [2.24, 2.45) is 0 Å². The molecule has 2 aliphatic heterocycles. The number of benzene rings is 2. The van der Waals surface area contributed by atoms with Crippen LogP contribution < -0.4 is 5.32 Å². The standard InChI is InChI=1S/C21H25NO5/c1-24-21-17(22-12-14-8-4-2-5-9-14)18(23)19-16(26-21)13-25-20(27-19)15-10-6-3-7-11-15/h2-11,16-23H,12-13H2,1H3/t16-,17-,18-,19-,20?,21-/m1/s1. The second-order valence-electron chi connectivity index (χ2n) is 6.84. The fraction of sp³-hybridized carbons (Fsp3) is 0.429. The van der Waals surface area contributed by atoms with E-state index in [9.17, 15) is 5.11 Å². The Bertz CT molecular complexity index is 707. The first-order valence-corrected chi connectivity index (χ1v) is 9.22. The summed E-state index contributed by atoms with van der Waals surface area (Å²) >= 11 is 0. The Kier molecular flexibility index (Phi) is 5.83. The summed E-state index contributed by atoms with van der Waals surface area (Å²) in [6, 6.07) is 19.3. The Morgan fingerprint density at radius 1 is 1.04 bits per heavy atom. The van der Waals surface area contributed by atoms with E-state index in [4.69, 9.17) is 18.9 Å². The maximum absolute atomic E-state index is 11.0. The summed E-state index contributed by atoms with van der Waals surface area (Å²) in [5, 5.41) is 14.4. The van der Waals surface area contributed by atoms with Crippen LogP contribution in [0.2, 0.25) is 0 Å². The lowest BCUT2D eigenvalue weighted by Gasteiger charge is -2.47. The molecule has 0 radical (unpaired) electrons. The number of hydrogen-bond donors (Lipinski definition) is 2. The van der Waals surface area contributed by atoms with Gasteiger partial charge < -0.3 is 29.4 Å². The summed E-state index contributed by atoms with van der Waals surface area (Å²) in [5.74, 6) is 0. The highest BCUT2D eigenvalue weighted by Crippen LogP contribution is 2.34. The van der Waals surface area contributed by atoms with Crippen LogP contribution in [0.3, 0.4) is 0 Å². The van der Waals surface area contributed by atoms with Crippen LogP contribution in [0, 0.1) is 0 Å². The van der Waals surface area contributed by atoms with Gasteiger partial charge in [-0.05, 0) is 5.56 Å². The molecular weight excluding hydrogens is 346 g/mol. The Balaban J connectivity index is 1.46. The van der Waals surface area contributed by atoms with Crippen LogP contribution in [0.4, 0.5) is 0 Å². The van der Waals surface area contributed by atoms with Crippen LogP contribution in [0.1, 0.15) is 17.4 Å². The molecule has 0 spiro atoms. The molecule has 2 aromatic rings. The van der Waals surface area contributed by atoms with Gasteiger partial charge in [0, 0.05) is 19.2 Å². The quantitative estimate of drug-likeness (QED) is 0.838. The molecule has 2 saturated heterocycles. The maximum atomic E-state index is 11.0. The third-order valence-corrected chi connectivity index (χ3v) is 5.05. The minimum absolute atomic E-state index is 0.340. The van der Waals surface area contributed by atoms with E-state index in [0.717, 1.165) is 11.1 Å². The number of aliphatic hydroxyl groups is 1. The molecule has 2 N–H and O–H groups in total. The molecule has 27 heavy (non-hydrogen) atoms. The van der Waals surface area contributed by atoms with Crippen LogP contribution in [0.25, 0.3) is 0 Å². The first-order chi connectivity index (χ1) is 13.3. The molecule has 0 aromatic heterocycles. The van der Waals surface area contributed by atoms with Crippen molar-refractivity contribution in [3.05, 3.63) is 71.8 Å². The van der Waals surface area contributed by atoms with E-state index in [0.29, 0.717) is 13.2 Å². The second kappa shape index (κ2) is 8.48. The summed E-state index contributed by atoms with van der Waals surface area (Å²) in [4.78, 5) is 0. The third kappa shape index (κ3) is 4.06. The normalized spacial score (nSPS) is 33.4. The monoisotopic (exact) mass is 371 g/mol. The van der Waals surface area contributed by atoms with Gasteiger partial charge in [0.15, 0.2) is 12.6 Å². The van der Waals surface area contributed by atoms with Gasteiger partial charge in [0.1, 0.15) is 18.3 Å². The Hall–Kier alpha value is -1.80. The molecule has 1 unspecified atom stereocenters. The van der Waals surface area contributed by atoms with Crippen molar-refractivity contribution < 1.29 is 24.1 Å². The van der Waals surface area contributed by atoms with E-state index in [-0.39, 0.29) is 6.10 Å². The number of methoxy groups -OCH3 is 1. The highest BCUT2D eigenvalue weighted by molar-refractivity contribution is 5.17. The van der Waals surface area contributed by atoms with Gasteiger partial charge in [-0.2, -0.15) is 0 Å². The second-order valence-corrected chi connectivity index (χ2v) is 6.84. The van der Waals surface area contributed by atoms with Crippen LogP contribution in [-0.2, 0) is 25.5 Å². The van der Waals surface area contributed by atoms with E-state index < -0.39 is 30.8 Å². The van der Waals surface area contributed by atoms with Gasteiger partial charge in [-0.3, -0.25) is 0 Å². The lowest BCUT2D eigenvalue weighted by molar-refractivity contribution is -0.341. The molecule has 4 rings (SSSR count). The molecule has 6 nitrogen and oxygen atoms in total. The number of ether oxygens (including phenoxy) is 4. The molecule has 6 atom stereocenters. The van der Waals surface area contributed by atoms with E-state index in [1.807, 2.05) is 60.7 Å². The first-order valence-electron chi connectivity index (χ1n) is 9.22. The van der Waals surface area contributed by atoms with Gasteiger partial charge in [-0.15, -0.1) is 0 Å². The molecule has 0 aliphatic carbocycles. The van der Waals surface area contributed by atoms with E-state index in [1.54, 1.807) is 7.11 Å². The number of fused-ring (bicyclic) bond motifs is 1. The largest absolute Gasteiger partial charge is 0.388 e. The molecule has 2 aromatic carbocycles. The fourth-order valence-corrected chi connectivity index (χ4v) is 3.62. The molecule has 2 aliphatic rings. The van der Waals surface area contributed by atoms with Crippen LogP contribution in [-0.4, -0.2) is 49.5 Å². The molecule has 2 heterocycles. The van der Waals surface area contributed by atoms with Crippen molar-refractivity contribution in [3.8, 4) is 0 Å². The molecule has 0 bridgehead atoms. The van der Waals surface area contributed by atoms with Gasteiger partial charge in [-0.1, -0.05) is 60.7 Å². The Labute approximate surface area is 159 Å². The fourth-order valence-electron chi connectivity index (χ4n) is 3.62. The zero-order chi connectivity index (χ0) is 18.6. The summed E-state index contributed by atoms with van der Waals surface area (Å²) in [6.07, 6.45) is -2.75. The van der Waals surface area contributed by atoms with Crippen LogP contribution in [0.15, 0.2) is 60.7 Å². The number of rotatable bonds is 5. The van der Waals surface area contributed by atoms with Gasteiger partial charge in [0.2, 0.25) is 0 Å². The highest BCUT2D eigenvalue weighted by atomic mass is 16.7. The topological polar surface area (TPSA) is 69.2 Å².